The largest absolute Gasteiger partial charge is 0.465 e. The number of hydrogen-bond acceptors (Lipinski definition) is 7. The summed E-state index contributed by atoms with van der Waals surface area (Å²) in [4.78, 5) is 35.0. The van der Waals surface area contributed by atoms with Gasteiger partial charge >= 0.3 is 5.97 Å². The molecular weight excluding hydrogens is 451 g/mol. The number of methoxy groups -OCH3 is 1. The summed E-state index contributed by atoms with van der Waals surface area (Å²) in [6.45, 7) is 1.25. The molecule has 0 amide bonds. The van der Waals surface area contributed by atoms with Crippen LogP contribution in [0.3, 0.4) is 0 Å². The van der Waals surface area contributed by atoms with Gasteiger partial charge in [0.05, 0.1) is 23.5 Å². The highest BCUT2D eigenvalue weighted by molar-refractivity contribution is 9.10. The molecule has 3 rings (SSSR count). The number of aromatic nitrogens is 1. The van der Waals surface area contributed by atoms with Gasteiger partial charge < -0.3 is 15.4 Å². The van der Waals surface area contributed by atoms with Gasteiger partial charge in [0.1, 0.15) is 10.7 Å². The van der Waals surface area contributed by atoms with Crippen molar-refractivity contribution in [1.29, 1.82) is 0 Å². The summed E-state index contributed by atoms with van der Waals surface area (Å²) in [5.74, 6) is -1.35. The number of ether oxygens (including phenoxy) is 1. The van der Waals surface area contributed by atoms with Crippen molar-refractivity contribution in [2.75, 3.05) is 25.1 Å². The molecule has 0 radical (unpaired) electrons. The Kier molecular flexibility index (Phi) is 6.40. The molecule has 1 fully saturated rings. The van der Waals surface area contributed by atoms with Gasteiger partial charge in [-0.1, -0.05) is 11.3 Å². The molecular formula is C18H18BrFN4O3S. The molecule has 0 saturated carbocycles. The number of carbonyl (C=O) groups excluding carboxylic acids is 2. The third kappa shape index (κ3) is 4.56. The zero-order chi connectivity index (χ0) is 20.3. The molecule has 2 aromatic rings. The average Bonchev–Trinajstić information content (AvgIpc) is 3.20. The number of thiazole rings is 1. The van der Waals surface area contributed by atoms with Crippen LogP contribution in [0.15, 0.2) is 33.9 Å². The number of carbonyl (C=O) groups is 2. The first-order valence-electron chi connectivity index (χ1n) is 8.51. The van der Waals surface area contributed by atoms with Gasteiger partial charge in [-0.2, -0.15) is 0 Å². The van der Waals surface area contributed by atoms with Gasteiger partial charge in [-0.3, -0.25) is 4.79 Å². The Bertz CT molecular complexity index is 925. The Morgan fingerprint density at radius 3 is 2.75 bits per heavy atom. The number of benzene rings is 1. The van der Waals surface area contributed by atoms with Crippen LogP contribution in [0.5, 0.6) is 0 Å². The maximum absolute atomic E-state index is 13.3. The molecule has 0 atom stereocenters. The van der Waals surface area contributed by atoms with Gasteiger partial charge in [0.25, 0.3) is 0 Å². The molecule has 2 heterocycles. The Hall–Kier alpha value is -2.33. The molecule has 0 unspecified atom stereocenters. The lowest BCUT2D eigenvalue weighted by atomic mass is 9.92. The van der Waals surface area contributed by atoms with E-state index in [1.165, 1.54) is 42.8 Å². The van der Waals surface area contributed by atoms with Crippen LogP contribution in [0.4, 0.5) is 15.2 Å². The second kappa shape index (κ2) is 8.78. The number of piperidine rings is 1. The summed E-state index contributed by atoms with van der Waals surface area (Å²) in [6.07, 6.45) is 2.71. The standard InChI is InChI=1S/C18H18BrFN4O3S/c1-27-17(26)14-9-22-18(28-14)24-6-4-10(5-7-24)15(25)16(21)23-11-2-3-13(20)12(19)8-11/h2-3,8-10H,4-7H2,1H3,(H2,21,23). The Morgan fingerprint density at radius 1 is 1.39 bits per heavy atom. The van der Waals surface area contributed by atoms with Crippen molar-refractivity contribution in [2.24, 2.45) is 16.6 Å². The number of hydrogen-bond donors (Lipinski definition) is 1. The van der Waals surface area contributed by atoms with Crippen LogP contribution in [0, 0.1) is 11.7 Å². The number of amidine groups is 1. The lowest BCUT2D eigenvalue weighted by Crippen LogP contribution is -2.40. The van der Waals surface area contributed by atoms with E-state index >= 15 is 0 Å². The quantitative estimate of drug-likeness (QED) is 0.410. The molecule has 1 aliphatic heterocycles. The van der Waals surface area contributed by atoms with Crippen LogP contribution >= 0.6 is 27.3 Å². The van der Waals surface area contributed by atoms with Crippen molar-refractivity contribution in [3.63, 3.8) is 0 Å². The number of halogens is 2. The van der Waals surface area contributed by atoms with Crippen LogP contribution in [0.25, 0.3) is 0 Å². The number of aliphatic imine (C=N–C) groups is 1. The number of nitrogens with two attached hydrogens (primary N) is 1. The maximum Gasteiger partial charge on any atom is 0.349 e. The second-order valence-electron chi connectivity index (χ2n) is 6.22. The molecule has 1 aliphatic rings. The van der Waals surface area contributed by atoms with Crippen LogP contribution in [0.1, 0.15) is 22.5 Å². The lowest BCUT2D eigenvalue weighted by molar-refractivity contribution is -0.117. The van der Waals surface area contributed by atoms with E-state index in [-0.39, 0.29) is 22.0 Å². The molecule has 28 heavy (non-hydrogen) atoms. The third-order valence-corrected chi connectivity index (χ3v) is 6.07. The number of nitrogens with zero attached hydrogens (tertiary/aromatic N) is 3. The Morgan fingerprint density at radius 2 is 2.11 bits per heavy atom. The van der Waals surface area contributed by atoms with E-state index in [9.17, 15) is 14.0 Å². The highest BCUT2D eigenvalue weighted by atomic mass is 79.9. The van der Waals surface area contributed by atoms with Crippen molar-refractivity contribution in [2.45, 2.75) is 12.8 Å². The van der Waals surface area contributed by atoms with E-state index in [0.29, 0.717) is 36.5 Å². The van der Waals surface area contributed by atoms with Gasteiger partial charge in [0, 0.05) is 19.0 Å². The minimum atomic E-state index is -0.412. The minimum absolute atomic E-state index is 0.0841. The van der Waals surface area contributed by atoms with E-state index in [1.807, 2.05) is 4.90 Å². The van der Waals surface area contributed by atoms with Crippen molar-refractivity contribution in [3.8, 4) is 0 Å². The molecule has 1 saturated heterocycles. The average molecular weight is 469 g/mol. The number of ketones is 1. The predicted octanol–water partition coefficient (Wildman–Crippen LogP) is 3.31. The van der Waals surface area contributed by atoms with Crippen molar-refractivity contribution < 1.29 is 18.7 Å². The third-order valence-electron chi connectivity index (χ3n) is 4.42. The van der Waals surface area contributed by atoms with Gasteiger partial charge in [-0.15, -0.1) is 0 Å². The van der Waals surface area contributed by atoms with Gasteiger partial charge in [-0.05, 0) is 47.0 Å². The first-order chi connectivity index (χ1) is 13.4. The van der Waals surface area contributed by atoms with Crippen molar-refractivity contribution >= 4 is 55.7 Å². The van der Waals surface area contributed by atoms with E-state index in [4.69, 9.17) is 10.5 Å². The first-order valence-corrected chi connectivity index (χ1v) is 10.1. The predicted molar refractivity (Wildman–Crippen MR) is 109 cm³/mol. The van der Waals surface area contributed by atoms with Crippen molar-refractivity contribution in [1.82, 2.24) is 4.98 Å². The number of rotatable bonds is 5. The fraction of sp³-hybridized carbons (Fsp3) is 0.333. The summed E-state index contributed by atoms with van der Waals surface area (Å²) < 4.78 is 18.3. The van der Waals surface area contributed by atoms with Crippen molar-refractivity contribution in [3.05, 3.63) is 39.6 Å². The summed E-state index contributed by atoms with van der Waals surface area (Å²) in [5.41, 5.74) is 6.29. The fourth-order valence-electron chi connectivity index (χ4n) is 2.90. The number of esters is 1. The van der Waals surface area contributed by atoms with E-state index < -0.39 is 11.8 Å². The monoisotopic (exact) mass is 468 g/mol. The zero-order valence-corrected chi connectivity index (χ0v) is 17.4. The summed E-state index contributed by atoms with van der Waals surface area (Å²) in [7, 11) is 1.33. The maximum atomic E-state index is 13.3. The molecule has 1 aromatic heterocycles. The van der Waals surface area contributed by atoms with Gasteiger partial charge in [0.15, 0.2) is 11.0 Å². The highest BCUT2D eigenvalue weighted by Gasteiger charge is 2.28. The summed E-state index contributed by atoms with van der Waals surface area (Å²) in [5, 5.41) is 0.726. The van der Waals surface area contributed by atoms with E-state index in [1.54, 1.807) is 0 Å². The minimum Gasteiger partial charge on any atom is -0.465 e. The van der Waals surface area contributed by atoms with Crippen LogP contribution in [-0.4, -0.2) is 42.8 Å². The molecule has 0 spiro atoms. The molecule has 2 N–H and O–H groups in total. The zero-order valence-electron chi connectivity index (χ0n) is 15.0. The highest BCUT2D eigenvalue weighted by Crippen LogP contribution is 2.28. The molecule has 0 aliphatic carbocycles. The van der Waals surface area contributed by atoms with Crippen LogP contribution in [-0.2, 0) is 9.53 Å². The Balaban J connectivity index is 1.61. The number of Topliss-reactive ketones (excluding diaryl/α,β-unsaturated/α-hetero) is 1. The summed E-state index contributed by atoms with van der Waals surface area (Å²) in [6, 6.07) is 4.19. The van der Waals surface area contributed by atoms with Gasteiger partial charge in [-0.25, -0.2) is 19.2 Å². The molecule has 148 valence electrons. The fourth-order valence-corrected chi connectivity index (χ4v) is 4.15. The molecule has 1 aromatic carbocycles. The molecule has 0 bridgehead atoms. The first kappa shape index (κ1) is 20.4. The van der Waals surface area contributed by atoms with E-state index in [2.05, 4.69) is 25.9 Å². The van der Waals surface area contributed by atoms with Crippen LogP contribution < -0.4 is 10.6 Å². The van der Waals surface area contributed by atoms with Gasteiger partial charge in [0.2, 0.25) is 5.78 Å². The smallest absolute Gasteiger partial charge is 0.349 e. The molecule has 10 heteroatoms. The number of anilines is 1. The topological polar surface area (TPSA) is 97.9 Å². The SMILES string of the molecule is COC(=O)c1cnc(N2CCC(C(=O)C(N)=Nc3ccc(F)c(Br)c3)CC2)s1. The molecule has 7 nitrogen and oxygen atoms in total. The van der Waals surface area contributed by atoms with E-state index in [0.717, 1.165) is 5.13 Å². The second-order valence-corrected chi connectivity index (χ2v) is 8.08. The lowest BCUT2D eigenvalue weighted by Gasteiger charge is -2.30. The normalized spacial score (nSPS) is 15.5. The summed E-state index contributed by atoms with van der Waals surface area (Å²) >= 11 is 4.35. The van der Waals surface area contributed by atoms with Crippen LogP contribution in [0.2, 0.25) is 0 Å². The Labute approximate surface area is 173 Å².